The van der Waals surface area contributed by atoms with E-state index >= 15 is 0 Å². The van der Waals surface area contributed by atoms with Gasteiger partial charge in [-0.15, -0.1) is 12.4 Å². The first kappa shape index (κ1) is 18.2. The Morgan fingerprint density at radius 3 is 2.48 bits per heavy atom. The maximum absolute atomic E-state index is 12.5. The fourth-order valence-electron chi connectivity index (χ4n) is 3.71. The standard InChI is InChI=1S/C18H27N3O.ClH/c1-17(13-19)10-11-21(14-17)12-16(22)20-18(8-5-9-18)15-6-3-2-4-7-15;/h2-4,6-7H,5,8-14,19H2,1H3,(H,20,22);1H. The molecule has 4 nitrogen and oxygen atoms in total. The second-order valence-electron chi connectivity index (χ2n) is 7.33. The number of likely N-dealkylation sites (tertiary alicyclic amines) is 1. The van der Waals surface area contributed by atoms with E-state index < -0.39 is 0 Å². The van der Waals surface area contributed by atoms with E-state index in [1.165, 1.54) is 12.0 Å². The third-order valence-electron chi connectivity index (χ3n) is 5.41. The van der Waals surface area contributed by atoms with Gasteiger partial charge in [-0.05, 0) is 49.8 Å². The van der Waals surface area contributed by atoms with Crippen LogP contribution in [0.5, 0.6) is 0 Å². The molecule has 1 saturated carbocycles. The first-order chi connectivity index (χ1) is 10.6. The quantitative estimate of drug-likeness (QED) is 0.866. The Balaban J connectivity index is 0.00000192. The maximum atomic E-state index is 12.5. The fourth-order valence-corrected chi connectivity index (χ4v) is 3.71. The summed E-state index contributed by atoms with van der Waals surface area (Å²) in [5, 5.41) is 3.31. The van der Waals surface area contributed by atoms with Gasteiger partial charge >= 0.3 is 0 Å². The van der Waals surface area contributed by atoms with Crippen molar-refractivity contribution in [3.05, 3.63) is 35.9 Å². The van der Waals surface area contributed by atoms with Gasteiger partial charge in [-0.1, -0.05) is 37.3 Å². The van der Waals surface area contributed by atoms with Crippen LogP contribution in [-0.4, -0.2) is 37.0 Å². The average molecular weight is 338 g/mol. The van der Waals surface area contributed by atoms with Gasteiger partial charge in [-0.25, -0.2) is 0 Å². The minimum atomic E-state index is -0.130. The second-order valence-corrected chi connectivity index (χ2v) is 7.33. The van der Waals surface area contributed by atoms with Crippen molar-refractivity contribution in [1.82, 2.24) is 10.2 Å². The Morgan fingerprint density at radius 1 is 1.26 bits per heavy atom. The zero-order valence-electron chi connectivity index (χ0n) is 13.9. The monoisotopic (exact) mass is 337 g/mol. The molecule has 128 valence electrons. The third-order valence-corrected chi connectivity index (χ3v) is 5.41. The molecule has 1 saturated heterocycles. The van der Waals surface area contributed by atoms with Gasteiger partial charge < -0.3 is 11.1 Å². The number of nitrogens with two attached hydrogens (primary N) is 1. The van der Waals surface area contributed by atoms with Gasteiger partial charge in [0.05, 0.1) is 12.1 Å². The van der Waals surface area contributed by atoms with E-state index in [1.54, 1.807) is 0 Å². The summed E-state index contributed by atoms with van der Waals surface area (Å²) in [7, 11) is 0. The number of halogens is 1. The van der Waals surface area contributed by atoms with Crippen LogP contribution in [0.2, 0.25) is 0 Å². The van der Waals surface area contributed by atoms with E-state index in [0.29, 0.717) is 13.1 Å². The van der Waals surface area contributed by atoms with Gasteiger partial charge in [-0.2, -0.15) is 0 Å². The van der Waals surface area contributed by atoms with Crippen LogP contribution in [0.25, 0.3) is 0 Å². The summed E-state index contributed by atoms with van der Waals surface area (Å²) in [4.78, 5) is 14.7. The second kappa shape index (κ2) is 7.20. The third kappa shape index (κ3) is 3.87. The van der Waals surface area contributed by atoms with Crippen LogP contribution in [0.4, 0.5) is 0 Å². The molecule has 0 spiro atoms. The van der Waals surface area contributed by atoms with Crippen molar-refractivity contribution in [3.8, 4) is 0 Å². The van der Waals surface area contributed by atoms with Gasteiger partial charge in [0.15, 0.2) is 0 Å². The lowest BCUT2D eigenvalue weighted by molar-refractivity contribution is -0.125. The van der Waals surface area contributed by atoms with Crippen LogP contribution in [0, 0.1) is 5.41 Å². The van der Waals surface area contributed by atoms with Crippen molar-refractivity contribution in [1.29, 1.82) is 0 Å². The molecule has 0 aromatic heterocycles. The van der Waals surface area contributed by atoms with Gasteiger partial charge in [0, 0.05) is 6.54 Å². The van der Waals surface area contributed by atoms with Gasteiger partial charge in [-0.3, -0.25) is 9.69 Å². The van der Waals surface area contributed by atoms with E-state index in [9.17, 15) is 4.79 Å². The largest absolute Gasteiger partial charge is 0.345 e. The van der Waals surface area contributed by atoms with Crippen molar-refractivity contribution in [2.75, 3.05) is 26.2 Å². The Kier molecular flexibility index (Phi) is 5.71. The Bertz CT molecular complexity index is 532. The number of amides is 1. The van der Waals surface area contributed by atoms with Gasteiger partial charge in [0.1, 0.15) is 0 Å². The minimum absolute atomic E-state index is 0. The van der Waals surface area contributed by atoms with E-state index in [0.717, 1.165) is 32.4 Å². The summed E-state index contributed by atoms with van der Waals surface area (Å²) < 4.78 is 0. The van der Waals surface area contributed by atoms with Gasteiger partial charge in [0.2, 0.25) is 5.91 Å². The number of carbonyl (C=O) groups excluding carboxylic acids is 1. The summed E-state index contributed by atoms with van der Waals surface area (Å²) in [5.74, 6) is 0.143. The molecular weight excluding hydrogens is 310 g/mol. The molecule has 1 atom stereocenters. The number of carbonyl (C=O) groups is 1. The molecule has 23 heavy (non-hydrogen) atoms. The summed E-state index contributed by atoms with van der Waals surface area (Å²) in [6.07, 6.45) is 4.36. The number of rotatable bonds is 5. The lowest BCUT2D eigenvalue weighted by Crippen LogP contribution is -2.53. The molecule has 3 rings (SSSR count). The maximum Gasteiger partial charge on any atom is 0.234 e. The van der Waals surface area contributed by atoms with Crippen LogP contribution in [0.15, 0.2) is 30.3 Å². The molecule has 0 bridgehead atoms. The van der Waals surface area contributed by atoms with E-state index in [4.69, 9.17) is 5.73 Å². The molecular formula is C18H28ClN3O. The van der Waals surface area contributed by atoms with E-state index in [-0.39, 0.29) is 29.3 Å². The lowest BCUT2D eigenvalue weighted by atomic mass is 9.72. The molecule has 2 aliphatic rings. The first-order valence-electron chi connectivity index (χ1n) is 8.34. The van der Waals surface area contributed by atoms with Gasteiger partial charge in [0.25, 0.3) is 0 Å². The van der Waals surface area contributed by atoms with Crippen LogP contribution >= 0.6 is 12.4 Å². The van der Waals surface area contributed by atoms with Crippen molar-refractivity contribution in [3.63, 3.8) is 0 Å². The highest BCUT2D eigenvalue weighted by atomic mass is 35.5. The number of nitrogens with one attached hydrogen (secondary N) is 1. The molecule has 1 aliphatic heterocycles. The molecule has 1 amide bonds. The summed E-state index contributed by atoms with van der Waals surface area (Å²) in [6.45, 7) is 5.29. The summed E-state index contributed by atoms with van der Waals surface area (Å²) in [5.41, 5.74) is 7.13. The Hall–Kier alpha value is -1.10. The zero-order chi connectivity index (χ0) is 15.6. The molecule has 1 unspecified atom stereocenters. The predicted octanol–water partition coefficient (Wildman–Crippen LogP) is 2.27. The number of hydrogen-bond donors (Lipinski definition) is 2. The molecule has 1 aliphatic carbocycles. The zero-order valence-corrected chi connectivity index (χ0v) is 14.7. The highest BCUT2D eigenvalue weighted by Gasteiger charge is 2.40. The lowest BCUT2D eigenvalue weighted by Gasteiger charge is -2.43. The van der Waals surface area contributed by atoms with E-state index in [2.05, 4.69) is 41.4 Å². The molecule has 3 N–H and O–H groups in total. The summed E-state index contributed by atoms with van der Waals surface area (Å²) >= 11 is 0. The summed E-state index contributed by atoms with van der Waals surface area (Å²) in [6, 6.07) is 10.4. The number of hydrogen-bond acceptors (Lipinski definition) is 3. The molecule has 1 aromatic rings. The van der Waals surface area contributed by atoms with Crippen LogP contribution in [0.1, 0.15) is 38.2 Å². The van der Waals surface area contributed by atoms with E-state index in [1.807, 2.05) is 6.07 Å². The fraction of sp³-hybridized carbons (Fsp3) is 0.611. The molecule has 1 heterocycles. The smallest absolute Gasteiger partial charge is 0.234 e. The first-order valence-corrected chi connectivity index (χ1v) is 8.34. The minimum Gasteiger partial charge on any atom is -0.345 e. The van der Waals surface area contributed by atoms with Crippen molar-refractivity contribution in [2.24, 2.45) is 11.1 Å². The predicted molar refractivity (Wildman–Crippen MR) is 95.6 cm³/mol. The molecule has 0 radical (unpaired) electrons. The van der Waals surface area contributed by atoms with Crippen LogP contribution in [0.3, 0.4) is 0 Å². The molecule has 1 aromatic carbocycles. The molecule has 5 heteroatoms. The Morgan fingerprint density at radius 2 is 1.96 bits per heavy atom. The van der Waals surface area contributed by atoms with Crippen molar-refractivity contribution >= 4 is 18.3 Å². The van der Waals surface area contributed by atoms with Crippen molar-refractivity contribution in [2.45, 2.75) is 38.1 Å². The highest BCUT2D eigenvalue weighted by Crippen LogP contribution is 2.41. The highest BCUT2D eigenvalue weighted by molar-refractivity contribution is 5.85. The topological polar surface area (TPSA) is 58.4 Å². The normalized spacial score (nSPS) is 26.2. The molecule has 2 fully saturated rings. The Labute approximate surface area is 145 Å². The van der Waals surface area contributed by atoms with Crippen LogP contribution < -0.4 is 11.1 Å². The van der Waals surface area contributed by atoms with Crippen LogP contribution in [-0.2, 0) is 10.3 Å². The number of benzene rings is 1. The number of nitrogens with zero attached hydrogens (tertiary/aromatic N) is 1. The van der Waals surface area contributed by atoms with Crippen molar-refractivity contribution < 1.29 is 4.79 Å². The average Bonchev–Trinajstić information content (AvgIpc) is 2.86. The SMILES string of the molecule is CC1(CN)CCN(CC(=O)NC2(c3ccccc3)CCC2)C1.Cl.